The van der Waals surface area contributed by atoms with E-state index in [1.54, 1.807) is 0 Å². The van der Waals surface area contributed by atoms with E-state index in [1.807, 2.05) is 18.2 Å². The molecule has 0 saturated carbocycles. The number of allylic oxidation sites excluding steroid dienone is 1. The van der Waals surface area contributed by atoms with E-state index in [-0.39, 0.29) is 5.78 Å². The van der Waals surface area contributed by atoms with Gasteiger partial charge in [0.2, 0.25) is 0 Å². The van der Waals surface area contributed by atoms with Gasteiger partial charge in [-0.1, -0.05) is 69.0 Å². The smallest absolute Gasteiger partial charge is 0.185 e. The van der Waals surface area contributed by atoms with Gasteiger partial charge in [0, 0.05) is 5.56 Å². The molecule has 2 aromatic rings. The summed E-state index contributed by atoms with van der Waals surface area (Å²) in [6.45, 7) is 7.82. The first kappa shape index (κ1) is 16.0. The number of carbonyl (C=O) groups is 1. The molecule has 2 aromatic carbocycles. The number of ketones is 1. The van der Waals surface area contributed by atoms with Crippen molar-refractivity contribution < 1.29 is 4.79 Å². The van der Waals surface area contributed by atoms with Crippen LogP contribution in [0.3, 0.4) is 0 Å². The maximum Gasteiger partial charge on any atom is 0.185 e. The predicted molar refractivity (Wildman–Crippen MR) is 95.1 cm³/mol. The minimum Gasteiger partial charge on any atom is -0.289 e. The van der Waals surface area contributed by atoms with Gasteiger partial charge in [0.15, 0.2) is 5.78 Å². The van der Waals surface area contributed by atoms with Crippen LogP contribution in [0.2, 0.25) is 0 Å². The number of hydrogen-bond donors (Lipinski definition) is 0. The van der Waals surface area contributed by atoms with Crippen LogP contribution in [0.5, 0.6) is 0 Å². The predicted octanol–water partition coefficient (Wildman–Crippen LogP) is 5.35. The van der Waals surface area contributed by atoms with Gasteiger partial charge >= 0.3 is 0 Å². The Kier molecular flexibility index (Phi) is 5.48. The molecule has 0 spiro atoms. The summed E-state index contributed by atoms with van der Waals surface area (Å²) in [6.07, 6.45) is 7.57. The van der Waals surface area contributed by atoms with Crippen LogP contribution >= 0.6 is 0 Å². The number of aryl methyl sites for hydroxylation is 2. The van der Waals surface area contributed by atoms with E-state index in [1.165, 1.54) is 22.8 Å². The van der Waals surface area contributed by atoms with Crippen LogP contribution < -0.4 is 0 Å². The molecule has 0 aliphatic heterocycles. The third-order valence-corrected chi connectivity index (χ3v) is 3.87. The molecule has 0 unspecified atom stereocenters. The van der Waals surface area contributed by atoms with Gasteiger partial charge in [-0.05, 0) is 47.2 Å². The van der Waals surface area contributed by atoms with Gasteiger partial charge in [-0.2, -0.15) is 0 Å². The first-order valence-electron chi connectivity index (χ1n) is 7.75. The monoisotopic (exact) mass is 290 g/mol. The van der Waals surface area contributed by atoms with Crippen LogP contribution in [0.4, 0.5) is 0 Å². The highest BCUT2D eigenvalue weighted by molar-refractivity contribution is 6.04. The summed E-state index contributed by atoms with van der Waals surface area (Å²) in [5, 5.41) is 0. The van der Waals surface area contributed by atoms with E-state index in [0.717, 1.165) is 18.4 Å². The molecule has 0 radical (unpaired) electrons. The van der Waals surface area contributed by atoms with Crippen molar-refractivity contribution in [3.05, 3.63) is 82.9 Å². The van der Waals surface area contributed by atoms with Crippen LogP contribution in [0.1, 0.15) is 46.5 Å². The normalized spacial score (nSPS) is 10.8. The lowest BCUT2D eigenvalue weighted by Gasteiger charge is -2.07. The summed E-state index contributed by atoms with van der Waals surface area (Å²) in [7, 11) is 0. The zero-order valence-corrected chi connectivity index (χ0v) is 13.3. The average molecular weight is 290 g/mol. The molecule has 0 N–H and O–H groups in total. The lowest BCUT2D eigenvalue weighted by molar-refractivity contribution is 0.104. The Morgan fingerprint density at radius 1 is 0.955 bits per heavy atom. The van der Waals surface area contributed by atoms with Gasteiger partial charge < -0.3 is 0 Å². The molecule has 0 aliphatic rings. The Morgan fingerprint density at radius 3 is 2.23 bits per heavy atom. The van der Waals surface area contributed by atoms with Crippen molar-refractivity contribution >= 4 is 17.9 Å². The molecule has 0 atom stereocenters. The summed E-state index contributed by atoms with van der Waals surface area (Å²) in [5.41, 5.74) is 5.64. The van der Waals surface area contributed by atoms with Gasteiger partial charge in [0.1, 0.15) is 0 Å². The third kappa shape index (κ3) is 3.62. The van der Waals surface area contributed by atoms with Gasteiger partial charge in [-0.15, -0.1) is 0 Å². The van der Waals surface area contributed by atoms with Crippen LogP contribution in [0.25, 0.3) is 12.2 Å². The molecule has 0 bridgehead atoms. The number of benzene rings is 2. The average Bonchev–Trinajstić information content (AvgIpc) is 2.59. The van der Waals surface area contributed by atoms with Gasteiger partial charge in [-0.3, -0.25) is 4.79 Å². The first-order valence-corrected chi connectivity index (χ1v) is 7.75. The lowest BCUT2D eigenvalue weighted by Crippen LogP contribution is -1.97. The molecule has 0 aromatic heterocycles. The molecule has 22 heavy (non-hydrogen) atoms. The fraction of sp³-hybridized carbons (Fsp3) is 0.190. The van der Waals surface area contributed by atoms with E-state index >= 15 is 0 Å². The van der Waals surface area contributed by atoms with Crippen molar-refractivity contribution in [2.24, 2.45) is 0 Å². The van der Waals surface area contributed by atoms with E-state index in [4.69, 9.17) is 0 Å². The van der Waals surface area contributed by atoms with E-state index < -0.39 is 0 Å². The highest BCUT2D eigenvalue weighted by atomic mass is 16.1. The second kappa shape index (κ2) is 7.56. The van der Waals surface area contributed by atoms with Crippen molar-refractivity contribution in [2.75, 3.05) is 0 Å². The Morgan fingerprint density at radius 2 is 1.59 bits per heavy atom. The summed E-state index contributed by atoms with van der Waals surface area (Å²) >= 11 is 0. The fourth-order valence-corrected chi connectivity index (χ4v) is 2.54. The molecule has 0 aliphatic carbocycles. The topological polar surface area (TPSA) is 17.1 Å². The standard InChI is InChI=1S/C21H22O/c1-4-16-9-7-8-10-18(16)11-12-19-13-14-20(21(22)6-3)15-17(19)5-2/h6-15H,3-5H2,1-2H3/b12-11+. The van der Waals surface area contributed by atoms with Crippen LogP contribution in [0.15, 0.2) is 55.1 Å². The summed E-state index contributed by atoms with van der Waals surface area (Å²) in [4.78, 5) is 11.7. The molecular formula is C21H22O. The molecule has 112 valence electrons. The zero-order valence-electron chi connectivity index (χ0n) is 13.3. The van der Waals surface area contributed by atoms with Crippen molar-refractivity contribution in [3.8, 4) is 0 Å². The Balaban J connectivity index is 2.34. The summed E-state index contributed by atoms with van der Waals surface area (Å²) in [6, 6.07) is 14.3. The molecule has 0 saturated heterocycles. The van der Waals surface area contributed by atoms with E-state index in [9.17, 15) is 4.79 Å². The molecule has 2 rings (SSSR count). The molecule has 0 heterocycles. The SMILES string of the molecule is C=CC(=O)c1ccc(/C=C/c2ccccc2CC)c(CC)c1. The molecule has 1 nitrogen and oxygen atoms in total. The minimum absolute atomic E-state index is 0.0263. The van der Waals surface area contributed by atoms with Crippen LogP contribution in [-0.2, 0) is 12.8 Å². The molecular weight excluding hydrogens is 268 g/mol. The number of rotatable bonds is 6. The molecule has 0 fully saturated rings. The van der Waals surface area contributed by atoms with E-state index in [0.29, 0.717) is 5.56 Å². The Bertz CT molecular complexity index is 708. The maximum absolute atomic E-state index is 11.7. The highest BCUT2D eigenvalue weighted by Crippen LogP contribution is 2.18. The second-order valence-electron chi connectivity index (χ2n) is 5.22. The fourth-order valence-electron chi connectivity index (χ4n) is 2.54. The van der Waals surface area contributed by atoms with Crippen molar-refractivity contribution in [2.45, 2.75) is 26.7 Å². The Labute approximate surface area is 133 Å². The van der Waals surface area contributed by atoms with Crippen LogP contribution in [0, 0.1) is 0 Å². The van der Waals surface area contributed by atoms with Gasteiger partial charge in [0.25, 0.3) is 0 Å². The minimum atomic E-state index is -0.0263. The Hall–Kier alpha value is -2.41. The molecule has 1 heteroatoms. The van der Waals surface area contributed by atoms with Crippen molar-refractivity contribution in [3.63, 3.8) is 0 Å². The van der Waals surface area contributed by atoms with Crippen molar-refractivity contribution in [1.29, 1.82) is 0 Å². The largest absolute Gasteiger partial charge is 0.289 e. The first-order chi connectivity index (χ1) is 10.7. The van der Waals surface area contributed by atoms with Crippen molar-refractivity contribution in [1.82, 2.24) is 0 Å². The highest BCUT2D eigenvalue weighted by Gasteiger charge is 2.05. The number of carbonyl (C=O) groups excluding carboxylic acids is 1. The summed E-state index contributed by atoms with van der Waals surface area (Å²) in [5.74, 6) is -0.0263. The zero-order chi connectivity index (χ0) is 15.9. The van der Waals surface area contributed by atoms with E-state index in [2.05, 4.69) is 56.8 Å². The lowest BCUT2D eigenvalue weighted by atomic mass is 9.98. The summed E-state index contributed by atoms with van der Waals surface area (Å²) < 4.78 is 0. The van der Waals surface area contributed by atoms with Gasteiger partial charge in [-0.25, -0.2) is 0 Å². The maximum atomic E-state index is 11.7. The van der Waals surface area contributed by atoms with Crippen LogP contribution in [-0.4, -0.2) is 5.78 Å². The third-order valence-electron chi connectivity index (χ3n) is 3.87. The second-order valence-corrected chi connectivity index (χ2v) is 5.22. The van der Waals surface area contributed by atoms with Gasteiger partial charge in [0.05, 0.1) is 0 Å². The molecule has 0 amide bonds. The number of hydrogen-bond acceptors (Lipinski definition) is 1. The quantitative estimate of drug-likeness (QED) is 0.398.